The van der Waals surface area contributed by atoms with Crippen LogP contribution in [0.25, 0.3) is 0 Å². The Kier molecular flexibility index (Phi) is 6.00. The van der Waals surface area contributed by atoms with Gasteiger partial charge in [0, 0.05) is 11.9 Å². The molecule has 0 fully saturated rings. The van der Waals surface area contributed by atoms with Crippen molar-refractivity contribution in [2.75, 3.05) is 0 Å². The van der Waals surface area contributed by atoms with Crippen LogP contribution in [0.1, 0.15) is 40.0 Å². The summed E-state index contributed by atoms with van der Waals surface area (Å²) < 4.78 is 0. The molecule has 0 aromatic carbocycles. The van der Waals surface area contributed by atoms with Gasteiger partial charge in [-0.15, -0.1) is 0 Å². The van der Waals surface area contributed by atoms with Crippen molar-refractivity contribution in [3.05, 3.63) is 48.5 Å². The molecule has 3 nitrogen and oxygen atoms in total. The maximum absolute atomic E-state index is 4.48. The fourth-order valence-corrected chi connectivity index (χ4v) is 1.82. The summed E-state index contributed by atoms with van der Waals surface area (Å²) in [5.41, 5.74) is 2.94. The molecule has 0 aromatic rings. The highest BCUT2D eigenvalue weighted by Gasteiger charge is 2.18. The average molecular weight is 257 g/mol. The molecule has 0 radical (unpaired) electrons. The van der Waals surface area contributed by atoms with Crippen LogP contribution in [-0.4, -0.2) is 16.9 Å². The summed E-state index contributed by atoms with van der Waals surface area (Å²) in [6, 6.07) is 0. The molecule has 102 valence electrons. The maximum atomic E-state index is 4.48. The Morgan fingerprint density at radius 3 is 2.84 bits per heavy atom. The lowest BCUT2D eigenvalue weighted by Crippen LogP contribution is -2.21. The van der Waals surface area contributed by atoms with E-state index in [1.807, 2.05) is 38.3 Å². The molecule has 0 saturated heterocycles. The van der Waals surface area contributed by atoms with Crippen molar-refractivity contribution >= 4 is 11.9 Å². The number of hydrogen-bond acceptors (Lipinski definition) is 3. The molecule has 0 spiro atoms. The Morgan fingerprint density at radius 2 is 2.26 bits per heavy atom. The lowest BCUT2D eigenvalue weighted by atomic mass is 10.1. The minimum atomic E-state index is 0.643. The van der Waals surface area contributed by atoms with Crippen molar-refractivity contribution in [1.29, 1.82) is 0 Å². The van der Waals surface area contributed by atoms with Crippen molar-refractivity contribution in [2.24, 2.45) is 10.1 Å². The average Bonchev–Trinajstić information content (AvgIpc) is 2.38. The molecule has 0 aliphatic carbocycles. The number of hydrazone groups is 1. The van der Waals surface area contributed by atoms with E-state index in [4.69, 9.17) is 0 Å². The monoisotopic (exact) mass is 257 g/mol. The second kappa shape index (κ2) is 7.52. The van der Waals surface area contributed by atoms with E-state index < -0.39 is 0 Å². The Balaban J connectivity index is 2.99. The summed E-state index contributed by atoms with van der Waals surface area (Å²) in [7, 11) is 0. The molecule has 0 unspecified atom stereocenters. The molecular formula is C16H23N3. The van der Waals surface area contributed by atoms with Gasteiger partial charge in [0.1, 0.15) is 5.82 Å². The molecule has 0 aromatic heterocycles. The first-order chi connectivity index (χ1) is 9.13. The lowest BCUT2D eigenvalue weighted by molar-refractivity contribution is 0.458. The second-order valence-electron chi connectivity index (χ2n) is 4.40. The summed E-state index contributed by atoms with van der Waals surface area (Å²) in [5, 5.41) is 6.26. The summed E-state index contributed by atoms with van der Waals surface area (Å²) in [6.07, 6.45) is 11.0. The predicted molar refractivity (Wildman–Crippen MR) is 84.1 cm³/mol. The van der Waals surface area contributed by atoms with Gasteiger partial charge in [0.05, 0.1) is 5.70 Å². The molecular weight excluding hydrogens is 234 g/mol. The first-order valence-electron chi connectivity index (χ1n) is 6.71. The van der Waals surface area contributed by atoms with Crippen LogP contribution in [0.2, 0.25) is 0 Å². The second-order valence-corrected chi connectivity index (χ2v) is 4.40. The van der Waals surface area contributed by atoms with E-state index in [2.05, 4.69) is 30.2 Å². The minimum Gasteiger partial charge on any atom is -0.235 e. The number of nitrogens with zero attached hydrogens (tertiary/aromatic N) is 3. The highest BCUT2D eigenvalue weighted by Crippen LogP contribution is 2.25. The maximum Gasteiger partial charge on any atom is 0.147 e. The largest absolute Gasteiger partial charge is 0.235 e. The summed E-state index contributed by atoms with van der Waals surface area (Å²) >= 11 is 0. The molecule has 0 atom stereocenters. The fourth-order valence-electron chi connectivity index (χ4n) is 1.82. The van der Waals surface area contributed by atoms with E-state index >= 15 is 0 Å². The molecule has 0 amide bonds. The van der Waals surface area contributed by atoms with Crippen LogP contribution >= 0.6 is 0 Å². The van der Waals surface area contributed by atoms with Gasteiger partial charge in [0.2, 0.25) is 0 Å². The summed E-state index contributed by atoms with van der Waals surface area (Å²) in [4.78, 5) is 4.36. The topological polar surface area (TPSA) is 28.0 Å². The van der Waals surface area contributed by atoms with Crippen LogP contribution in [-0.2, 0) is 0 Å². The smallest absolute Gasteiger partial charge is 0.147 e. The van der Waals surface area contributed by atoms with Gasteiger partial charge in [-0.05, 0) is 38.3 Å². The number of hydrogen-bond donors (Lipinski definition) is 0. The van der Waals surface area contributed by atoms with Crippen LogP contribution in [0.4, 0.5) is 0 Å². The minimum absolute atomic E-state index is 0.643. The van der Waals surface area contributed by atoms with Crippen molar-refractivity contribution < 1.29 is 0 Å². The summed E-state index contributed by atoms with van der Waals surface area (Å²) in [6.45, 7) is 13.9. The predicted octanol–water partition coefficient (Wildman–Crippen LogP) is 4.43. The standard InChI is InChI=1S/C16H23N3/c1-6-9-10-11-17-19-14(5)18-13(4)12-16(19)15(7-2)8-3/h7-8,11-12H,2,5-6,9-10H2,1,3-4H3/b15-8+,17-11-. The Bertz CT molecular complexity index is 464. The Labute approximate surface area is 116 Å². The SMILES string of the molecule is C=C/C(=C\C)C1=CC(C)=NC(=C)N1/N=C\CCCC. The van der Waals surface area contributed by atoms with Crippen LogP contribution in [0, 0.1) is 0 Å². The van der Waals surface area contributed by atoms with Crippen LogP contribution < -0.4 is 0 Å². The first-order valence-corrected chi connectivity index (χ1v) is 6.71. The quantitative estimate of drug-likeness (QED) is 0.393. The molecule has 1 heterocycles. The lowest BCUT2D eigenvalue weighted by Gasteiger charge is -2.26. The van der Waals surface area contributed by atoms with Gasteiger partial charge in [-0.3, -0.25) is 0 Å². The number of unbranched alkanes of at least 4 members (excludes halogenated alkanes) is 2. The van der Waals surface area contributed by atoms with Gasteiger partial charge in [-0.25, -0.2) is 10.0 Å². The van der Waals surface area contributed by atoms with Crippen LogP contribution in [0.15, 0.2) is 58.6 Å². The van der Waals surface area contributed by atoms with Crippen LogP contribution in [0.5, 0.6) is 0 Å². The first kappa shape index (κ1) is 15.2. The third kappa shape index (κ3) is 4.05. The number of allylic oxidation sites excluding steroid dienone is 3. The zero-order valence-corrected chi connectivity index (χ0v) is 12.2. The molecule has 1 aliphatic rings. The van der Waals surface area contributed by atoms with Gasteiger partial charge in [0.25, 0.3) is 0 Å². The van der Waals surface area contributed by atoms with E-state index in [-0.39, 0.29) is 0 Å². The zero-order chi connectivity index (χ0) is 14.3. The van der Waals surface area contributed by atoms with E-state index in [9.17, 15) is 0 Å². The van der Waals surface area contributed by atoms with Gasteiger partial charge in [-0.1, -0.05) is 38.7 Å². The third-order valence-electron chi connectivity index (χ3n) is 2.83. The normalized spacial score (nSPS) is 16.7. The van der Waals surface area contributed by atoms with Crippen molar-refractivity contribution in [1.82, 2.24) is 5.01 Å². The zero-order valence-electron chi connectivity index (χ0n) is 12.2. The number of aliphatic imine (C=N–C) groups is 1. The highest BCUT2D eigenvalue weighted by atomic mass is 15.5. The molecule has 0 saturated carbocycles. The molecule has 1 aliphatic heterocycles. The van der Waals surface area contributed by atoms with Gasteiger partial charge in [0.15, 0.2) is 0 Å². The molecule has 1 rings (SSSR count). The van der Waals surface area contributed by atoms with E-state index in [0.717, 1.165) is 29.8 Å². The van der Waals surface area contributed by atoms with E-state index in [1.54, 1.807) is 5.01 Å². The summed E-state index contributed by atoms with van der Waals surface area (Å²) in [5.74, 6) is 0.643. The van der Waals surface area contributed by atoms with Crippen LogP contribution in [0.3, 0.4) is 0 Å². The third-order valence-corrected chi connectivity index (χ3v) is 2.83. The van der Waals surface area contributed by atoms with Gasteiger partial charge < -0.3 is 0 Å². The highest BCUT2D eigenvalue weighted by molar-refractivity contribution is 5.95. The molecule has 19 heavy (non-hydrogen) atoms. The molecule has 3 heteroatoms. The fraction of sp³-hybridized carbons (Fsp3) is 0.375. The van der Waals surface area contributed by atoms with Gasteiger partial charge in [-0.2, -0.15) is 5.10 Å². The molecule has 0 N–H and O–H groups in total. The van der Waals surface area contributed by atoms with Crippen molar-refractivity contribution in [3.8, 4) is 0 Å². The van der Waals surface area contributed by atoms with Crippen molar-refractivity contribution in [3.63, 3.8) is 0 Å². The van der Waals surface area contributed by atoms with E-state index in [0.29, 0.717) is 5.82 Å². The Hall–Kier alpha value is -1.90. The van der Waals surface area contributed by atoms with Gasteiger partial charge >= 0.3 is 0 Å². The molecule has 0 bridgehead atoms. The number of rotatable bonds is 6. The van der Waals surface area contributed by atoms with Crippen molar-refractivity contribution in [2.45, 2.75) is 40.0 Å². The Morgan fingerprint density at radius 1 is 1.53 bits per heavy atom. The van der Waals surface area contributed by atoms with E-state index in [1.165, 1.54) is 6.42 Å².